The van der Waals surface area contributed by atoms with Crippen LogP contribution in [0, 0.1) is 18.3 Å². The van der Waals surface area contributed by atoms with Crippen molar-refractivity contribution in [2.75, 3.05) is 25.0 Å². The Kier molecular flexibility index (Phi) is 4.41. The molecule has 108 valence electrons. The van der Waals surface area contributed by atoms with E-state index in [1.807, 2.05) is 0 Å². The summed E-state index contributed by atoms with van der Waals surface area (Å²) >= 11 is 3.53. The average molecular weight is 336 g/mol. The molecule has 1 atom stereocenters. The van der Waals surface area contributed by atoms with Gasteiger partial charge < -0.3 is 4.90 Å². The van der Waals surface area contributed by atoms with Gasteiger partial charge in [-0.3, -0.25) is 4.90 Å². The molecular weight excluding hydrogens is 314 g/mol. The fraction of sp³-hybridized carbons (Fsp3) is 0.562. The maximum absolute atomic E-state index is 9.01. The number of nitrogens with zero attached hydrogens (tertiary/aromatic N) is 3. The Morgan fingerprint density at radius 2 is 2.15 bits per heavy atom. The molecule has 0 radical (unpaired) electrons. The number of benzene rings is 1. The van der Waals surface area contributed by atoms with E-state index in [0.29, 0.717) is 12.5 Å². The maximum Gasteiger partial charge on any atom is 0.0638 e. The zero-order valence-corrected chi connectivity index (χ0v) is 14.2. The van der Waals surface area contributed by atoms with E-state index >= 15 is 0 Å². The van der Waals surface area contributed by atoms with Crippen LogP contribution in [0.2, 0.25) is 0 Å². The number of likely N-dealkylation sites (N-methyl/N-ethyl adjacent to an activating group) is 1. The predicted octanol–water partition coefficient (Wildman–Crippen LogP) is 3.57. The van der Waals surface area contributed by atoms with Crippen molar-refractivity contribution in [2.24, 2.45) is 0 Å². The second kappa shape index (κ2) is 5.75. The third-order valence-corrected chi connectivity index (χ3v) is 4.65. The number of hydrogen-bond donors (Lipinski definition) is 0. The summed E-state index contributed by atoms with van der Waals surface area (Å²) in [4.78, 5) is 4.77. The molecule has 20 heavy (non-hydrogen) atoms. The summed E-state index contributed by atoms with van der Waals surface area (Å²) in [6, 6.07) is 9.04. The van der Waals surface area contributed by atoms with E-state index in [2.05, 4.69) is 77.8 Å². The number of anilines is 1. The number of piperazine rings is 1. The molecule has 0 aromatic heterocycles. The molecule has 0 bridgehead atoms. The topological polar surface area (TPSA) is 30.3 Å². The quantitative estimate of drug-likeness (QED) is 0.827. The molecule has 3 nitrogen and oxygen atoms in total. The molecule has 0 N–H and O–H groups in total. The van der Waals surface area contributed by atoms with E-state index in [-0.39, 0.29) is 5.54 Å². The van der Waals surface area contributed by atoms with Gasteiger partial charge in [0.15, 0.2) is 0 Å². The molecule has 1 fully saturated rings. The Labute approximate surface area is 130 Å². The van der Waals surface area contributed by atoms with Crippen LogP contribution in [0.1, 0.15) is 25.8 Å². The third kappa shape index (κ3) is 2.99. The fourth-order valence-electron chi connectivity index (χ4n) is 3.09. The van der Waals surface area contributed by atoms with Crippen LogP contribution in [0.15, 0.2) is 22.7 Å². The van der Waals surface area contributed by atoms with Crippen LogP contribution in [-0.2, 0) is 0 Å². The van der Waals surface area contributed by atoms with Crippen molar-refractivity contribution in [3.8, 4) is 6.07 Å². The zero-order chi connectivity index (χ0) is 14.9. The van der Waals surface area contributed by atoms with Crippen molar-refractivity contribution < 1.29 is 0 Å². The SMILES string of the molecule is Cc1cc(Br)ccc1N1CC(CC#N)N(C)CC1(C)C. The molecule has 0 amide bonds. The molecule has 0 saturated carbocycles. The number of hydrogen-bond acceptors (Lipinski definition) is 3. The van der Waals surface area contributed by atoms with Crippen molar-refractivity contribution in [1.82, 2.24) is 4.90 Å². The summed E-state index contributed by atoms with van der Waals surface area (Å²) in [5.74, 6) is 0. The smallest absolute Gasteiger partial charge is 0.0638 e. The van der Waals surface area contributed by atoms with Crippen LogP contribution < -0.4 is 4.90 Å². The highest BCUT2D eigenvalue weighted by atomic mass is 79.9. The van der Waals surface area contributed by atoms with Crippen LogP contribution in [0.4, 0.5) is 5.69 Å². The average Bonchev–Trinajstić information content (AvgIpc) is 2.33. The molecular formula is C16H22BrN3. The van der Waals surface area contributed by atoms with Gasteiger partial charge in [0.1, 0.15) is 0 Å². The minimum absolute atomic E-state index is 0.0687. The van der Waals surface area contributed by atoms with Gasteiger partial charge in [-0.25, -0.2) is 0 Å². The molecule has 0 spiro atoms. The Morgan fingerprint density at radius 1 is 1.45 bits per heavy atom. The third-order valence-electron chi connectivity index (χ3n) is 4.16. The Morgan fingerprint density at radius 3 is 2.75 bits per heavy atom. The van der Waals surface area contributed by atoms with E-state index in [9.17, 15) is 0 Å². The normalized spacial score (nSPS) is 22.6. The molecule has 1 aromatic rings. The first kappa shape index (κ1) is 15.3. The maximum atomic E-state index is 9.01. The van der Waals surface area contributed by atoms with E-state index in [4.69, 9.17) is 5.26 Å². The van der Waals surface area contributed by atoms with Crippen LogP contribution in [0.25, 0.3) is 0 Å². The molecule has 1 unspecified atom stereocenters. The van der Waals surface area contributed by atoms with Gasteiger partial charge in [-0.15, -0.1) is 0 Å². The second-order valence-corrected chi connectivity index (χ2v) is 7.20. The summed E-state index contributed by atoms with van der Waals surface area (Å²) in [5.41, 5.74) is 2.61. The van der Waals surface area contributed by atoms with Crippen LogP contribution in [0.5, 0.6) is 0 Å². The number of rotatable bonds is 2. The minimum Gasteiger partial charge on any atom is -0.363 e. The summed E-state index contributed by atoms with van der Waals surface area (Å²) in [6.45, 7) is 8.56. The Balaban J connectivity index is 2.34. The van der Waals surface area contributed by atoms with Gasteiger partial charge in [0.25, 0.3) is 0 Å². The number of nitriles is 1. The van der Waals surface area contributed by atoms with Crippen molar-refractivity contribution >= 4 is 21.6 Å². The molecule has 4 heteroatoms. The molecule has 1 saturated heterocycles. The summed E-state index contributed by atoms with van der Waals surface area (Å²) in [7, 11) is 2.12. The highest BCUT2D eigenvalue weighted by molar-refractivity contribution is 9.10. The standard InChI is InChI=1S/C16H22BrN3/c1-12-9-13(17)5-6-15(12)20-10-14(7-8-18)19(4)11-16(20,2)3/h5-6,9,14H,7,10-11H2,1-4H3. The number of halogens is 1. The van der Waals surface area contributed by atoms with Gasteiger partial charge in [-0.1, -0.05) is 15.9 Å². The monoisotopic (exact) mass is 335 g/mol. The van der Waals surface area contributed by atoms with Crippen molar-refractivity contribution in [3.05, 3.63) is 28.2 Å². The highest BCUT2D eigenvalue weighted by Crippen LogP contribution is 2.33. The molecule has 1 aromatic carbocycles. The van der Waals surface area contributed by atoms with E-state index in [1.165, 1.54) is 11.3 Å². The molecule has 1 aliphatic rings. The number of aryl methyl sites for hydroxylation is 1. The van der Waals surface area contributed by atoms with Gasteiger partial charge in [0.05, 0.1) is 12.5 Å². The Bertz CT molecular complexity index is 533. The van der Waals surface area contributed by atoms with Gasteiger partial charge >= 0.3 is 0 Å². The van der Waals surface area contributed by atoms with Crippen LogP contribution >= 0.6 is 15.9 Å². The first-order chi connectivity index (χ1) is 9.35. The molecule has 0 aliphatic carbocycles. The van der Waals surface area contributed by atoms with Crippen LogP contribution in [0.3, 0.4) is 0 Å². The lowest BCUT2D eigenvalue weighted by atomic mass is 9.93. The highest BCUT2D eigenvalue weighted by Gasteiger charge is 2.37. The lowest BCUT2D eigenvalue weighted by molar-refractivity contribution is 0.153. The summed E-state index contributed by atoms with van der Waals surface area (Å²) in [5, 5.41) is 9.01. The van der Waals surface area contributed by atoms with Crippen molar-refractivity contribution in [2.45, 2.75) is 38.8 Å². The van der Waals surface area contributed by atoms with E-state index < -0.39 is 0 Å². The van der Waals surface area contributed by atoms with Crippen molar-refractivity contribution in [3.63, 3.8) is 0 Å². The van der Waals surface area contributed by atoms with E-state index in [1.54, 1.807) is 0 Å². The van der Waals surface area contributed by atoms with Gasteiger partial charge in [0.2, 0.25) is 0 Å². The minimum atomic E-state index is 0.0687. The lowest BCUT2D eigenvalue weighted by Crippen LogP contribution is -2.62. The van der Waals surface area contributed by atoms with Gasteiger partial charge in [-0.05, 0) is 51.6 Å². The predicted molar refractivity (Wildman–Crippen MR) is 87.0 cm³/mol. The first-order valence-electron chi connectivity index (χ1n) is 6.96. The summed E-state index contributed by atoms with van der Waals surface area (Å²) in [6.07, 6.45) is 0.582. The summed E-state index contributed by atoms with van der Waals surface area (Å²) < 4.78 is 1.11. The van der Waals surface area contributed by atoms with E-state index in [0.717, 1.165) is 17.6 Å². The molecule has 2 rings (SSSR count). The molecule has 1 heterocycles. The lowest BCUT2D eigenvalue weighted by Gasteiger charge is -2.51. The zero-order valence-electron chi connectivity index (χ0n) is 12.7. The molecule has 1 aliphatic heterocycles. The Hall–Kier alpha value is -1.05. The second-order valence-electron chi connectivity index (χ2n) is 6.29. The van der Waals surface area contributed by atoms with Crippen LogP contribution in [-0.4, -0.2) is 36.6 Å². The van der Waals surface area contributed by atoms with Gasteiger partial charge in [-0.2, -0.15) is 5.26 Å². The van der Waals surface area contributed by atoms with Crippen molar-refractivity contribution in [1.29, 1.82) is 5.26 Å². The van der Waals surface area contributed by atoms with Gasteiger partial charge in [0, 0.05) is 34.8 Å². The largest absolute Gasteiger partial charge is 0.363 e. The fourth-order valence-corrected chi connectivity index (χ4v) is 3.57. The first-order valence-corrected chi connectivity index (χ1v) is 7.75.